The SMILES string of the molecule is O=P(O)(O)OC(O)(F)C(F)(F)C(F)F. The molecule has 0 heterocycles. The van der Waals surface area contributed by atoms with Crippen molar-refractivity contribution in [2.75, 3.05) is 0 Å². The highest BCUT2D eigenvalue weighted by molar-refractivity contribution is 7.46. The summed E-state index contributed by atoms with van der Waals surface area (Å²) in [4.78, 5) is 15.6. The largest absolute Gasteiger partial charge is 0.474 e. The Morgan fingerprint density at radius 2 is 1.57 bits per heavy atom. The second-order valence-corrected chi connectivity index (χ2v) is 3.23. The fourth-order valence-electron chi connectivity index (χ4n) is 0.353. The van der Waals surface area contributed by atoms with E-state index in [-0.39, 0.29) is 0 Å². The number of aliphatic hydroxyl groups is 1. The standard InChI is InChI=1S/C3H4F5O5P/c4-1(5)2(6,7)3(8,9)13-14(10,11)12/h1,9H,(H2,10,11,12). The van der Waals surface area contributed by atoms with Crippen LogP contribution in [-0.4, -0.2) is 33.3 Å². The van der Waals surface area contributed by atoms with E-state index in [0.717, 1.165) is 0 Å². The van der Waals surface area contributed by atoms with Crippen molar-refractivity contribution < 1.29 is 45.9 Å². The normalized spacial score (nSPS) is 18.4. The first kappa shape index (κ1) is 13.7. The molecule has 0 radical (unpaired) electrons. The van der Waals surface area contributed by atoms with Crippen LogP contribution < -0.4 is 0 Å². The second kappa shape index (κ2) is 3.70. The van der Waals surface area contributed by atoms with E-state index in [2.05, 4.69) is 4.52 Å². The first-order chi connectivity index (χ1) is 5.90. The second-order valence-electron chi connectivity index (χ2n) is 2.07. The zero-order valence-corrected chi connectivity index (χ0v) is 6.97. The fourth-order valence-corrected chi connectivity index (χ4v) is 0.790. The average molecular weight is 246 g/mol. The summed E-state index contributed by atoms with van der Waals surface area (Å²) in [6.07, 6.45) is -4.69. The average Bonchev–Trinajstić information content (AvgIpc) is 1.80. The van der Waals surface area contributed by atoms with Crippen molar-refractivity contribution in [3.05, 3.63) is 0 Å². The molecule has 0 spiro atoms. The molecule has 1 atom stereocenters. The molecule has 1 unspecified atom stereocenters. The van der Waals surface area contributed by atoms with Crippen molar-refractivity contribution in [2.24, 2.45) is 0 Å². The van der Waals surface area contributed by atoms with Crippen LogP contribution in [0.15, 0.2) is 0 Å². The fraction of sp³-hybridized carbons (Fsp3) is 1.00. The lowest BCUT2D eigenvalue weighted by molar-refractivity contribution is -0.381. The minimum atomic E-state index is -5.86. The number of alkyl halides is 5. The van der Waals surface area contributed by atoms with E-state index in [9.17, 15) is 26.5 Å². The van der Waals surface area contributed by atoms with E-state index in [4.69, 9.17) is 14.9 Å². The Hall–Kier alpha value is -0.280. The molecule has 0 rings (SSSR count). The molecule has 0 amide bonds. The Labute approximate surface area is 73.3 Å². The molecule has 0 aromatic heterocycles. The highest BCUT2D eigenvalue weighted by Gasteiger charge is 2.65. The van der Waals surface area contributed by atoms with Gasteiger partial charge in [0.25, 0.3) is 0 Å². The Bertz CT molecular complexity index is 248. The van der Waals surface area contributed by atoms with Crippen LogP contribution in [0.3, 0.4) is 0 Å². The van der Waals surface area contributed by atoms with Gasteiger partial charge in [-0.2, -0.15) is 13.2 Å². The number of phosphoric acid groups is 1. The Morgan fingerprint density at radius 1 is 1.21 bits per heavy atom. The van der Waals surface area contributed by atoms with Crippen LogP contribution >= 0.6 is 7.82 Å². The van der Waals surface area contributed by atoms with Crippen LogP contribution in [0.1, 0.15) is 0 Å². The van der Waals surface area contributed by atoms with E-state index >= 15 is 0 Å². The summed E-state index contributed by atoms with van der Waals surface area (Å²) >= 11 is 0. The highest BCUT2D eigenvalue weighted by atomic mass is 31.2. The molecule has 11 heteroatoms. The van der Waals surface area contributed by atoms with Crippen molar-refractivity contribution in [3.63, 3.8) is 0 Å². The first-order valence-electron chi connectivity index (χ1n) is 2.73. The van der Waals surface area contributed by atoms with Gasteiger partial charge in [0.15, 0.2) is 0 Å². The summed E-state index contributed by atoms with van der Waals surface area (Å²) in [6, 6.07) is -5.44. The van der Waals surface area contributed by atoms with E-state index < -0.39 is 26.2 Å². The molecule has 0 fully saturated rings. The molecular formula is C3H4F5O5P. The molecule has 0 aliphatic rings. The molecule has 3 N–H and O–H groups in total. The van der Waals surface area contributed by atoms with Crippen molar-refractivity contribution in [1.29, 1.82) is 0 Å². The molecule has 0 saturated carbocycles. The van der Waals surface area contributed by atoms with E-state index in [1.165, 1.54) is 0 Å². The zero-order chi connectivity index (χ0) is 11.8. The molecule has 86 valence electrons. The van der Waals surface area contributed by atoms with Crippen molar-refractivity contribution in [3.8, 4) is 0 Å². The smallest absolute Gasteiger partial charge is 0.334 e. The van der Waals surface area contributed by atoms with Gasteiger partial charge >= 0.3 is 26.2 Å². The van der Waals surface area contributed by atoms with Gasteiger partial charge in [0.05, 0.1) is 0 Å². The lowest BCUT2D eigenvalue weighted by Gasteiger charge is -2.26. The summed E-state index contributed by atoms with van der Waals surface area (Å²) in [5, 5.41) is 7.94. The van der Waals surface area contributed by atoms with Crippen LogP contribution in [0.5, 0.6) is 0 Å². The Balaban J connectivity index is 4.87. The quantitative estimate of drug-likeness (QED) is 0.384. The molecule has 0 aliphatic carbocycles. The molecular weight excluding hydrogens is 242 g/mol. The molecule has 14 heavy (non-hydrogen) atoms. The molecule has 0 aliphatic heterocycles. The lowest BCUT2D eigenvalue weighted by atomic mass is 10.3. The van der Waals surface area contributed by atoms with Crippen LogP contribution in [0.25, 0.3) is 0 Å². The predicted molar refractivity (Wildman–Crippen MR) is 30.1 cm³/mol. The molecule has 5 nitrogen and oxygen atoms in total. The van der Waals surface area contributed by atoms with Gasteiger partial charge in [0.1, 0.15) is 0 Å². The summed E-state index contributed by atoms with van der Waals surface area (Å²) < 4.78 is 71.3. The predicted octanol–water partition coefficient (Wildman–Crippen LogP) is 0.612. The van der Waals surface area contributed by atoms with Gasteiger partial charge in [-0.05, 0) is 0 Å². The Kier molecular flexibility index (Phi) is 3.63. The molecule has 0 bridgehead atoms. The first-order valence-corrected chi connectivity index (χ1v) is 4.27. The van der Waals surface area contributed by atoms with Crippen molar-refractivity contribution in [2.45, 2.75) is 18.4 Å². The maximum absolute atomic E-state index is 12.2. The molecule has 0 saturated heterocycles. The van der Waals surface area contributed by atoms with E-state index in [0.29, 0.717) is 0 Å². The summed E-state index contributed by atoms with van der Waals surface area (Å²) in [5.74, 6) is -5.76. The van der Waals surface area contributed by atoms with Gasteiger partial charge in [0.2, 0.25) is 0 Å². The van der Waals surface area contributed by atoms with Gasteiger partial charge in [-0.3, -0.25) is 0 Å². The van der Waals surface area contributed by atoms with Gasteiger partial charge in [0, 0.05) is 0 Å². The van der Waals surface area contributed by atoms with E-state index in [1.807, 2.05) is 0 Å². The summed E-state index contributed by atoms with van der Waals surface area (Å²) in [6.45, 7) is 0. The maximum atomic E-state index is 12.2. The number of halogens is 5. The number of phosphoric ester groups is 1. The van der Waals surface area contributed by atoms with Crippen LogP contribution in [0.2, 0.25) is 0 Å². The van der Waals surface area contributed by atoms with Gasteiger partial charge in [-0.25, -0.2) is 17.9 Å². The monoisotopic (exact) mass is 246 g/mol. The topological polar surface area (TPSA) is 87.0 Å². The van der Waals surface area contributed by atoms with Gasteiger partial charge in [-0.1, -0.05) is 0 Å². The van der Waals surface area contributed by atoms with Crippen LogP contribution in [0, 0.1) is 0 Å². The molecule has 0 aromatic rings. The highest BCUT2D eigenvalue weighted by Crippen LogP contribution is 2.48. The lowest BCUT2D eigenvalue weighted by Crippen LogP contribution is -2.50. The van der Waals surface area contributed by atoms with Crippen LogP contribution in [-0.2, 0) is 9.09 Å². The number of hydrogen-bond donors (Lipinski definition) is 3. The minimum absolute atomic E-state index is 2.48. The summed E-state index contributed by atoms with van der Waals surface area (Å²) in [5.41, 5.74) is 0. The number of hydrogen-bond acceptors (Lipinski definition) is 3. The molecule has 0 aromatic carbocycles. The van der Waals surface area contributed by atoms with Gasteiger partial charge < -0.3 is 14.9 Å². The van der Waals surface area contributed by atoms with Gasteiger partial charge in [-0.15, -0.1) is 0 Å². The maximum Gasteiger partial charge on any atom is 0.474 e. The van der Waals surface area contributed by atoms with Crippen molar-refractivity contribution in [1.82, 2.24) is 0 Å². The van der Waals surface area contributed by atoms with Crippen LogP contribution in [0.4, 0.5) is 22.0 Å². The Morgan fingerprint density at radius 3 is 1.79 bits per heavy atom. The third-order valence-corrected chi connectivity index (χ3v) is 1.40. The van der Waals surface area contributed by atoms with Crippen molar-refractivity contribution >= 4 is 7.82 Å². The minimum Gasteiger partial charge on any atom is -0.334 e. The zero-order valence-electron chi connectivity index (χ0n) is 6.07. The number of rotatable bonds is 4. The third-order valence-electron chi connectivity index (χ3n) is 0.925. The van der Waals surface area contributed by atoms with E-state index in [1.54, 1.807) is 0 Å². The summed E-state index contributed by atoms with van der Waals surface area (Å²) in [7, 11) is -5.86. The third kappa shape index (κ3) is 3.14.